The number of rotatable bonds is 5. The summed E-state index contributed by atoms with van der Waals surface area (Å²) in [6.07, 6.45) is 3.45. The number of fused-ring (bicyclic) bond motifs is 4. The van der Waals surface area contributed by atoms with E-state index in [9.17, 15) is 14.7 Å². The van der Waals surface area contributed by atoms with Gasteiger partial charge in [-0.3, -0.25) is 4.79 Å². The first-order valence-corrected chi connectivity index (χ1v) is 10.4. The fourth-order valence-corrected chi connectivity index (χ4v) is 5.97. The molecule has 150 valence electrons. The summed E-state index contributed by atoms with van der Waals surface area (Å²) in [7, 11) is 0. The Hall–Kier alpha value is -2.82. The van der Waals surface area contributed by atoms with Crippen LogP contribution >= 0.6 is 0 Å². The molecule has 0 radical (unpaired) electrons. The minimum atomic E-state index is -0.866. The molecule has 3 atom stereocenters. The van der Waals surface area contributed by atoms with Crippen LogP contribution in [-0.4, -0.2) is 29.3 Å². The molecule has 2 saturated carbocycles. The van der Waals surface area contributed by atoms with Gasteiger partial charge in [0.25, 0.3) is 0 Å². The van der Waals surface area contributed by atoms with Crippen molar-refractivity contribution in [1.29, 1.82) is 0 Å². The van der Waals surface area contributed by atoms with Gasteiger partial charge in [0, 0.05) is 5.92 Å². The minimum Gasteiger partial charge on any atom is -0.481 e. The van der Waals surface area contributed by atoms with E-state index in [2.05, 4.69) is 29.6 Å². The molecule has 0 aliphatic heterocycles. The molecule has 1 unspecified atom stereocenters. The zero-order valence-corrected chi connectivity index (χ0v) is 16.3. The smallest absolute Gasteiger partial charge is 0.407 e. The van der Waals surface area contributed by atoms with E-state index in [1.807, 2.05) is 24.3 Å². The average Bonchev–Trinajstić information content (AvgIpc) is 3.24. The van der Waals surface area contributed by atoms with Crippen molar-refractivity contribution in [3.05, 3.63) is 59.7 Å². The Kier molecular flexibility index (Phi) is 4.34. The van der Waals surface area contributed by atoms with E-state index in [0.29, 0.717) is 5.92 Å². The van der Waals surface area contributed by atoms with Crippen LogP contribution in [0.25, 0.3) is 11.1 Å². The number of alkyl carbamates (subject to hydrolysis) is 1. The number of nitrogens with one attached hydrogen (secondary N) is 1. The number of ether oxygens (including phenoxy) is 1. The Morgan fingerprint density at radius 1 is 1.03 bits per heavy atom. The van der Waals surface area contributed by atoms with Crippen LogP contribution in [0.5, 0.6) is 0 Å². The van der Waals surface area contributed by atoms with Gasteiger partial charge in [-0.25, -0.2) is 4.79 Å². The lowest BCUT2D eigenvalue weighted by atomic mass is 9.59. The lowest BCUT2D eigenvalue weighted by Crippen LogP contribution is -2.63. The van der Waals surface area contributed by atoms with E-state index < -0.39 is 17.6 Å². The maximum atomic E-state index is 12.7. The molecule has 2 fully saturated rings. The molecule has 0 saturated heterocycles. The van der Waals surface area contributed by atoms with Gasteiger partial charge >= 0.3 is 12.1 Å². The number of aliphatic carboxylic acids is 1. The summed E-state index contributed by atoms with van der Waals surface area (Å²) in [6, 6.07) is 16.4. The molecule has 2 aromatic rings. The number of hydrogen-bond acceptors (Lipinski definition) is 3. The number of hydrogen-bond donors (Lipinski definition) is 2. The normalized spacial score (nSPS) is 26.8. The van der Waals surface area contributed by atoms with Crippen molar-refractivity contribution >= 4 is 12.1 Å². The van der Waals surface area contributed by atoms with Crippen LogP contribution < -0.4 is 5.32 Å². The molecule has 29 heavy (non-hydrogen) atoms. The van der Waals surface area contributed by atoms with E-state index in [1.54, 1.807) is 0 Å². The van der Waals surface area contributed by atoms with Crippen LogP contribution in [0.1, 0.15) is 49.1 Å². The largest absolute Gasteiger partial charge is 0.481 e. The lowest BCUT2D eigenvalue weighted by Gasteiger charge is -2.52. The highest BCUT2D eigenvalue weighted by Gasteiger charge is 2.57. The maximum Gasteiger partial charge on any atom is 0.407 e. The van der Waals surface area contributed by atoms with Gasteiger partial charge < -0.3 is 15.2 Å². The summed E-state index contributed by atoms with van der Waals surface area (Å²) in [5.74, 6) is -0.0548. The second kappa shape index (κ2) is 6.90. The van der Waals surface area contributed by atoms with E-state index in [0.717, 1.165) is 25.7 Å². The predicted octanol–water partition coefficient (Wildman–Crippen LogP) is 4.56. The second-order valence-electron chi connectivity index (χ2n) is 8.68. The first-order chi connectivity index (χ1) is 14.1. The fourth-order valence-electron chi connectivity index (χ4n) is 5.97. The summed E-state index contributed by atoms with van der Waals surface area (Å²) >= 11 is 0. The predicted molar refractivity (Wildman–Crippen MR) is 109 cm³/mol. The highest BCUT2D eigenvalue weighted by molar-refractivity contribution is 5.79. The van der Waals surface area contributed by atoms with Gasteiger partial charge in [0.05, 0.1) is 12.0 Å². The van der Waals surface area contributed by atoms with Crippen LogP contribution in [0, 0.1) is 11.8 Å². The first kappa shape index (κ1) is 18.2. The molecular weight excluding hydrogens is 366 g/mol. The van der Waals surface area contributed by atoms with Crippen molar-refractivity contribution in [1.82, 2.24) is 5.32 Å². The van der Waals surface area contributed by atoms with Crippen molar-refractivity contribution in [2.24, 2.45) is 11.8 Å². The molecule has 3 aliphatic carbocycles. The quantitative estimate of drug-likeness (QED) is 0.784. The van der Waals surface area contributed by atoms with Gasteiger partial charge in [0.1, 0.15) is 6.61 Å². The summed E-state index contributed by atoms with van der Waals surface area (Å²) in [4.78, 5) is 24.1. The van der Waals surface area contributed by atoms with E-state index >= 15 is 0 Å². The number of carboxylic acid groups (broad SMARTS) is 1. The Labute approximate surface area is 170 Å². The molecule has 1 amide bonds. The highest BCUT2D eigenvalue weighted by Crippen LogP contribution is 2.55. The van der Waals surface area contributed by atoms with Gasteiger partial charge in [-0.05, 0) is 53.4 Å². The molecule has 5 heteroatoms. The van der Waals surface area contributed by atoms with Crippen molar-refractivity contribution in [3.63, 3.8) is 0 Å². The molecule has 0 aromatic heterocycles. The van der Waals surface area contributed by atoms with Crippen LogP contribution in [0.2, 0.25) is 0 Å². The third-order valence-electron chi connectivity index (χ3n) is 7.16. The summed E-state index contributed by atoms with van der Waals surface area (Å²) in [5, 5.41) is 12.3. The fraction of sp³-hybridized carbons (Fsp3) is 0.417. The Bertz CT molecular complexity index is 925. The van der Waals surface area contributed by atoms with Crippen LogP contribution in [-0.2, 0) is 9.53 Å². The Morgan fingerprint density at radius 2 is 1.69 bits per heavy atom. The SMILES string of the molecule is O=C(O)CC1(NC(=O)OCC2c3ccccc3-c3ccccc32)C[C@@H]2CCC[C@@H]21. The molecular formula is C24H25NO4. The van der Waals surface area contributed by atoms with E-state index in [4.69, 9.17) is 4.74 Å². The molecule has 5 rings (SSSR count). The molecule has 2 aromatic carbocycles. The average molecular weight is 391 g/mol. The maximum absolute atomic E-state index is 12.7. The molecule has 0 heterocycles. The number of carbonyl (C=O) groups is 2. The Balaban J connectivity index is 1.30. The topological polar surface area (TPSA) is 75.6 Å². The zero-order chi connectivity index (χ0) is 20.0. The highest BCUT2D eigenvalue weighted by atomic mass is 16.5. The Morgan fingerprint density at radius 3 is 2.31 bits per heavy atom. The summed E-state index contributed by atoms with van der Waals surface area (Å²) in [6.45, 7) is 0.247. The third-order valence-corrected chi connectivity index (χ3v) is 7.16. The van der Waals surface area contributed by atoms with Crippen LogP contribution in [0.4, 0.5) is 4.79 Å². The first-order valence-electron chi connectivity index (χ1n) is 10.4. The van der Waals surface area contributed by atoms with Crippen molar-refractivity contribution in [3.8, 4) is 11.1 Å². The van der Waals surface area contributed by atoms with Gasteiger partial charge in [-0.1, -0.05) is 55.0 Å². The van der Waals surface area contributed by atoms with Gasteiger partial charge in [0.15, 0.2) is 0 Å². The van der Waals surface area contributed by atoms with Gasteiger partial charge in [-0.15, -0.1) is 0 Å². The van der Waals surface area contributed by atoms with Crippen molar-refractivity contribution < 1.29 is 19.4 Å². The van der Waals surface area contributed by atoms with Crippen molar-refractivity contribution in [2.75, 3.05) is 6.61 Å². The number of carboxylic acids is 1. The molecule has 0 spiro atoms. The number of benzene rings is 2. The molecule has 2 N–H and O–H groups in total. The standard InChI is InChI=1S/C24H25NO4/c26-22(27)13-24(12-15-6-5-11-21(15)24)25-23(28)29-14-20-18-9-3-1-7-16(18)17-8-2-4-10-19(17)20/h1-4,7-10,15,20-21H,5-6,11-14H2,(H,25,28)(H,26,27)/t15-,21-,24?/m0/s1. The van der Waals surface area contributed by atoms with Gasteiger partial charge in [0.2, 0.25) is 0 Å². The monoisotopic (exact) mass is 391 g/mol. The lowest BCUT2D eigenvalue weighted by molar-refractivity contribution is -0.141. The molecule has 5 nitrogen and oxygen atoms in total. The van der Waals surface area contributed by atoms with Gasteiger partial charge in [-0.2, -0.15) is 0 Å². The number of carbonyl (C=O) groups excluding carboxylic acids is 1. The zero-order valence-electron chi connectivity index (χ0n) is 16.3. The minimum absolute atomic E-state index is 0.00388. The third kappa shape index (κ3) is 3.00. The second-order valence-corrected chi connectivity index (χ2v) is 8.68. The number of amides is 1. The summed E-state index contributed by atoms with van der Waals surface area (Å²) in [5.41, 5.74) is 4.07. The van der Waals surface area contributed by atoms with Crippen LogP contribution in [0.15, 0.2) is 48.5 Å². The van der Waals surface area contributed by atoms with E-state index in [1.165, 1.54) is 22.3 Å². The molecule has 0 bridgehead atoms. The van der Waals surface area contributed by atoms with Crippen LogP contribution in [0.3, 0.4) is 0 Å². The van der Waals surface area contributed by atoms with E-state index in [-0.39, 0.29) is 24.9 Å². The van der Waals surface area contributed by atoms with Crippen molar-refractivity contribution in [2.45, 2.75) is 43.6 Å². The molecule has 3 aliphatic rings. The summed E-state index contributed by atoms with van der Waals surface area (Å²) < 4.78 is 5.66.